The molecule has 114 valence electrons. The Morgan fingerprint density at radius 1 is 1.32 bits per heavy atom. The molecule has 3 rings (SSSR count). The van der Waals surface area contributed by atoms with Crippen molar-refractivity contribution < 1.29 is 9.31 Å². The van der Waals surface area contributed by atoms with Crippen LogP contribution in [0.1, 0.15) is 30.0 Å². The van der Waals surface area contributed by atoms with Crippen LogP contribution in [0.25, 0.3) is 0 Å². The second-order valence-electron chi connectivity index (χ2n) is 5.44. The molecule has 0 aliphatic heterocycles. The molecule has 0 saturated heterocycles. The van der Waals surface area contributed by atoms with Gasteiger partial charge >= 0.3 is 5.69 Å². The lowest BCUT2D eigenvalue weighted by Gasteiger charge is -2.27. The number of nitro groups is 1. The quantitative estimate of drug-likeness (QED) is 0.513. The predicted molar refractivity (Wildman–Crippen MR) is 83.2 cm³/mol. The van der Waals surface area contributed by atoms with Gasteiger partial charge < -0.3 is 11.1 Å². The van der Waals surface area contributed by atoms with Crippen LogP contribution >= 0.6 is 0 Å². The highest BCUT2D eigenvalue weighted by molar-refractivity contribution is 5.63. The van der Waals surface area contributed by atoms with E-state index in [4.69, 9.17) is 5.73 Å². The number of nitrogens with zero attached hydrogens (tertiary/aromatic N) is 1. The number of anilines is 2. The molecule has 0 radical (unpaired) electrons. The summed E-state index contributed by atoms with van der Waals surface area (Å²) in [5.41, 5.74) is 8.42. The van der Waals surface area contributed by atoms with Gasteiger partial charge in [0.15, 0.2) is 0 Å². The summed E-state index contributed by atoms with van der Waals surface area (Å²) in [5.74, 6) is -0.830. The standard InChI is InChI=1S/C16H16FN3O2/c17-13-4-2-6-15(16(13)20(21)22)19-14-5-1-3-10-9-11(18)7-8-12(10)14/h2,4,6-9,14,19H,1,3,5,18H2. The third-order valence-electron chi connectivity index (χ3n) is 3.98. The molecule has 0 aromatic heterocycles. The Kier molecular flexibility index (Phi) is 3.66. The topological polar surface area (TPSA) is 81.2 Å². The summed E-state index contributed by atoms with van der Waals surface area (Å²) in [6, 6.07) is 9.71. The highest BCUT2D eigenvalue weighted by Crippen LogP contribution is 2.36. The molecule has 1 aliphatic carbocycles. The van der Waals surface area contributed by atoms with E-state index in [0.717, 1.165) is 36.5 Å². The van der Waals surface area contributed by atoms with Crippen LogP contribution in [0.3, 0.4) is 0 Å². The lowest BCUT2D eigenvalue weighted by Crippen LogP contribution is -2.18. The van der Waals surface area contributed by atoms with E-state index in [1.165, 1.54) is 12.1 Å². The maximum Gasteiger partial charge on any atom is 0.327 e. The van der Waals surface area contributed by atoms with Crippen LogP contribution in [0.2, 0.25) is 0 Å². The fourth-order valence-electron chi connectivity index (χ4n) is 2.99. The molecule has 6 heteroatoms. The lowest BCUT2D eigenvalue weighted by atomic mass is 9.87. The molecule has 5 nitrogen and oxygen atoms in total. The Hall–Kier alpha value is -2.63. The molecular weight excluding hydrogens is 285 g/mol. The van der Waals surface area contributed by atoms with Crippen molar-refractivity contribution in [2.75, 3.05) is 11.1 Å². The molecule has 22 heavy (non-hydrogen) atoms. The molecule has 1 unspecified atom stereocenters. The number of nitrogen functional groups attached to an aromatic ring is 1. The van der Waals surface area contributed by atoms with Crippen LogP contribution in [0.15, 0.2) is 36.4 Å². The average molecular weight is 301 g/mol. The number of hydrogen-bond donors (Lipinski definition) is 2. The van der Waals surface area contributed by atoms with Crippen LogP contribution in [0.4, 0.5) is 21.5 Å². The van der Waals surface area contributed by atoms with Gasteiger partial charge in [-0.3, -0.25) is 10.1 Å². The van der Waals surface area contributed by atoms with Crippen molar-refractivity contribution in [2.24, 2.45) is 0 Å². The molecule has 0 heterocycles. The number of nitrogens with one attached hydrogen (secondary N) is 1. The van der Waals surface area contributed by atoms with E-state index in [1.54, 1.807) is 0 Å². The summed E-state index contributed by atoms with van der Waals surface area (Å²) >= 11 is 0. The first-order valence-electron chi connectivity index (χ1n) is 7.14. The molecule has 0 fully saturated rings. The minimum absolute atomic E-state index is 0.0788. The fraction of sp³-hybridized carbons (Fsp3) is 0.250. The zero-order valence-corrected chi connectivity index (χ0v) is 11.9. The van der Waals surface area contributed by atoms with Gasteiger partial charge in [-0.25, -0.2) is 0 Å². The number of nitro benzene ring substituents is 1. The fourth-order valence-corrected chi connectivity index (χ4v) is 2.99. The molecule has 0 amide bonds. The molecule has 0 spiro atoms. The Bertz CT molecular complexity index is 733. The summed E-state index contributed by atoms with van der Waals surface area (Å²) < 4.78 is 13.7. The van der Waals surface area contributed by atoms with E-state index in [0.29, 0.717) is 5.69 Å². The Labute approximate surface area is 127 Å². The SMILES string of the molecule is Nc1ccc2c(c1)CCCC2Nc1cccc(F)c1[N+](=O)[O-]. The number of fused-ring (bicyclic) bond motifs is 1. The van der Waals surface area contributed by atoms with E-state index < -0.39 is 16.4 Å². The zero-order valence-electron chi connectivity index (χ0n) is 11.9. The Balaban J connectivity index is 1.96. The van der Waals surface area contributed by atoms with Crippen LogP contribution in [-0.2, 0) is 6.42 Å². The second-order valence-corrected chi connectivity index (χ2v) is 5.44. The van der Waals surface area contributed by atoms with Gasteiger partial charge in [-0.05, 0) is 54.7 Å². The van der Waals surface area contributed by atoms with Gasteiger partial charge in [0.2, 0.25) is 5.82 Å². The Morgan fingerprint density at radius 2 is 2.14 bits per heavy atom. The van der Waals surface area contributed by atoms with E-state index >= 15 is 0 Å². The molecule has 1 aliphatic rings. The molecule has 0 saturated carbocycles. The number of aryl methyl sites for hydroxylation is 1. The normalized spacial score (nSPS) is 16.9. The van der Waals surface area contributed by atoms with E-state index in [1.807, 2.05) is 18.2 Å². The molecule has 2 aromatic carbocycles. The van der Waals surface area contributed by atoms with Crippen molar-refractivity contribution >= 4 is 17.1 Å². The minimum Gasteiger partial charge on any atom is -0.399 e. The zero-order chi connectivity index (χ0) is 15.7. The third-order valence-corrected chi connectivity index (χ3v) is 3.98. The van der Waals surface area contributed by atoms with Gasteiger partial charge in [-0.15, -0.1) is 0 Å². The van der Waals surface area contributed by atoms with Gasteiger partial charge in [0.05, 0.1) is 11.0 Å². The summed E-state index contributed by atoms with van der Waals surface area (Å²) in [6.07, 6.45) is 2.73. The maximum atomic E-state index is 13.7. The first-order chi connectivity index (χ1) is 10.6. The number of halogens is 1. The van der Waals surface area contributed by atoms with Crippen molar-refractivity contribution in [3.63, 3.8) is 0 Å². The van der Waals surface area contributed by atoms with Crippen molar-refractivity contribution in [2.45, 2.75) is 25.3 Å². The van der Waals surface area contributed by atoms with Gasteiger partial charge in [-0.2, -0.15) is 4.39 Å². The third kappa shape index (κ3) is 2.59. The van der Waals surface area contributed by atoms with Crippen molar-refractivity contribution in [1.82, 2.24) is 0 Å². The minimum atomic E-state index is -0.830. The van der Waals surface area contributed by atoms with E-state index in [-0.39, 0.29) is 11.7 Å². The van der Waals surface area contributed by atoms with E-state index in [9.17, 15) is 14.5 Å². The van der Waals surface area contributed by atoms with Crippen LogP contribution in [0, 0.1) is 15.9 Å². The molecular formula is C16H16FN3O2. The maximum absolute atomic E-state index is 13.7. The predicted octanol–water partition coefficient (Wildman–Crippen LogP) is 3.81. The highest BCUT2D eigenvalue weighted by Gasteiger charge is 2.25. The van der Waals surface area contributed by atoms with Crippen molar-refractivity contribution in [3.8, 4) is 0 Å². The van der Waals surface area contributed by atoms with Gasteiger partial charge in [0, 0.05) is 5.69 Å². The van der Waals surface area contributed by atoms with Crippen LogP contribution in [-0.4, -0.2) is 4.92 Å². The second kappa shape index (κ2) is 5.63. The molecule has 2 aromatic rings. The smallest absolute Gasteiger partial charge is 0.327 e. The number of rotatable bonds is 3. The molecule has 1 atom stereocenters. The van der Waals surface area contributed by atoms with Crippen LogP contribution in [0.5, 0.6) is 0 Å². The van der Waals surface area contributed by atoms with Gasteiger partial charge in [-0.1, -0.05) is 12.1 Å². The average Bonchev–Trinajstić information content (AvgIpc) is 2.46. The first-order valence-corrected chi connectivity index (χ1v) is 7.14. The Morgan fingerprint density at radius 3 is 2.91 bits per heavy atom. The summed E-state index contributed by atoms with van der Waals surface area (Å²) in [6.45, 7) is 0. The summed E-state index contributed by atoms with van der Waals surface area (Å²) in [4.78, 5) is 10.4. The number of hydrogen-bond acceptors (Lipinski definition) is 4. The largest absolute Gasteiger partial charge is 0.399 e. The van der Waals surface area contributed by atoms with Crippen molar-refractivity contribution in [3.05, 3.63) is 63.5 Å². The molecule has 3 N–H and O–H groups in total. The number of nitrogens with two attached hydrogens (primary N) is 1. The number of para-hydroxylation sites is 1. The van der Waals surface area contributed by atoms with Gasteiger partial charge in [0.1, 0.15) is 5.69 Å². The monoisotopic (exact) mass is 301 g/mol. The van der Waals surface area contributed by atoms with Crippen molar-refractivity contribution in [1.29, 1.82) is 0 Å². The summed E-state index contributed by atoms with van der Waals surface area (Å²) in [5, 5.41) is 14.2. The van der Waals surface area contributed by atoms with Crippen LogP contribution < -0.4 is 11.1 Å². The first kappa shape index (κ1) is 14.3. The lowest BCUT2D eigenvalue weighted by molar-refractivity contribution is -0.386. The van der Waals surface area contributed by atoms with Gasteiger partial charge in [0.25, 0.3) is 0 Å². The number of benzene rings is 2. The van der Waals surface area contributed by atoms with E-state index in [2.05, 4.69) is 5.32 Å². The molecule has 0 bridgehead atoms. The summed E-state index contributed by atoms with van der Waals surface area (Å²) in [7, 11) is 0. The highest BCUT2D eigenvalue weighted by atomic mass is 19.1.